The zero-order valence-electron chi connectivity index (χ0n) is 22.2. The van der Waals surface area contributed by atoms with E-state index in [2.05, 4.69) is 91.1 Å². The highest BCUT2D eigenvalue weighted by Crippen LogP contribution is 2.41. The van der Waals surface area contributed by atoms with Crippen LogP contribution in [0.5, 0.6) is 0 Å². The van der Waals surface area contributed by atoms with Crippen LogP contribution in [0.25, 0.3) is 5.70 Å². The van der Waals surface area contributed by atoms with Crippen LogP contribution < -0.4 is 5.32 Å². The Morgan fingerprint density at radius 3 is 2.97 bits per heavy atom. The van der Waals surface area contributed by atoms with Gasteiger partial charge in [-0.2, -0.15) is 5.10 Å². The maximum Gasteiger partial charge on any atom is 0.0865 e. The Labute approximate surface area is 216 Å². The van der Waals surface area contributed by atoms with Crippen molar-refractivity contribution in [2.24, 2.45) is 4.99 Å². The van der Waals surface area contributed by atoms with E-state index in [0.717, 1.165) is 69.4 Å². The molecule has 1 saturated carbocycles. The molecular weight excluding hydrogens is 440 g/mol. The van der Waals surface area contributed by atoms with E-state index in [0.29, 0.717) is 5.92 Å². The highest BCUT2D eigenvalue weighted by Gasteiger charge is 2.26. The Hall–Kier alpha value is -3.20. The predicted molar refractivity (Wildman–Crippen MR) is 153 cm³/mol. The van der Waals surface area contributed by atoms with E-state index in [4.69, 9.17) is 4.99 Å². The normalized spacial score (nSPS) is 22.1. The van der Waals surface area contributed by atoms with Gasteiger partial charge in [-0.15, -0.1) is 5.73 Å². The van der Waals surface area contributed by atoms with Crippen molar-refractivity contribution in [3.05, 3.63) is 100 Å². The molecule has 2 aliphatic carbocycles. The number of rotatable bonds is 8. The predicted octanol–water partition coefficient (Wildman–Crippen LogP) is 7.67. The van der Waals surface area contributed by atoms with Gasteiger partial charge in [0.05, 0.1) is 17.6 Å². The van der Waals surface area contributed by atoms with Crippen molar-refractivity contribution in [1.82, 2.24) is 15.5 Å². The number of H-pyrrole nitrogens is 1. The molecule has 0 aromatic carbocycles. The summed E-state index contributed by atoms with van der Waals surface area (Å²) in [6.07, 6.45) is 24.9. The van der Waals surface area contributed by atoms with E-state index < -0.39 is 0 Å². The minimum Gasteiger partial charge on any atom is -0.312 e. The fraction of sp³-hybridized carbons (Fsp3) is 0.406. The Bertz CT molecular complexity index is 1220. The number of aromatic amines is 1. The van der Waals surface area contributed by atoms with Gasteiger partial charge in [-0.3, -0.25) is 10.1 Å². The summed E-state index contributed by atoms with van der Waals surface area (Å²) in [4.78, 5) is 4.82. The number of allylic oxidation sites excluding steroid dienone is 9. The molecule has 188 valence electrons. The molecule has 0 bridgehead atoms. The molecule has 1 fully saturated rings. The SMILES string of the molecule is C=C1CCC(c2cn[nH]c2C2=CCCC(C)=N2)C/C1=C/C(=C\C)C1=CCC=C=C(CNCCC)C=C1. The Morgan fingerprint density at radius 2 is 2.17 bits per heavy atom. The van der Waals surface area contributed by atoms with Crippen molar-refractivity contribution in [2.45, 2.75) is 71.6 Å². The molecule has 0 radical (unpaired) electrons. The van der Waals surface area contributed by atoms with Gasteiger partial charge in [-0.25, -0.2) is 0 Å². The maximum absolute atomic E-state index is 4.82. The molecule has 1 atom stereocenters. The fourth-order valence-corrected chi connectivity index (χ4v) is 5.07. The van der Waals surface area contributed by atoms with Crippen molar-refractivity contribution in [3.8, 4) is 0 Å². The van der Waals surface area contributed by atoms with Crippen molar-refractivity contribution >= 4 is 11.4 Å². The van der Waals surface area contributed by atoms with Crippen LogP contribution in [0.2, 0.25) is 0 Å². The molecule has 3 aliphatic rings. The van der Waals surface area contributed by atoms with Gasteiger partial charge >= 0.3 is 0 Å². The average molecular weight is 481 g/mol. The largest absolute Gasteiger partial charge is 0.312 e. The van der Waals surface area contributed by atoms with Crippen LogP contribution in [0.3, 0.4) is 0 Å². The van der Waals surface area contributed by atoms with Crippen LogP contribution >= 0.6 is 0 Å². The van der Waals surface area contributed by atoms with Crippen LogP contribution in [-0.2, 0) is 0 Å². The third kappa shape index (κ3) is 6.51. The molecule has 4 nitrogen and oxygen atoms in total. The van der Waals surface area contributed by atoms with E-state index >= 15 is 0 Å². The lowest BCUT2D eigenvalue weighted by Crippen LogP contribution is -2.16. The van der Waals surface area contributed by atoms with Gasteiger partial charge in [0.25, 0.3) is 0 Å². The number of hydrogen-bond donors (Lipinski definition) is 2. The molecule has 2 N–H and O–H groups in total. The molecule has 4 heteroatoms. The highest BCUT2D eigenvalue weighted by atomic mass is 15.1. The van der Waals surface area contributed by atoms with E-state index in [-0.39, 0.29) is 0 Å². The van der Waals surface area contributed by atoms with Gasteiger partial charge in [0.2, 0.25) is 0 Å². The average Bonchev–Trinajstić information content (AvgIpc) is 3.36. The zero-order chi connectivity index (χ0) is 25.3. The first kappa shape index (κ1) is 25.9. The minimum atomic E-state index is 0.413. The summed E-state index contributed by atoms with van der Waals surface area (Å²) in [5, 5.41) is 11.1. The van der Waals surface area contributed by atoms with Crippen molar-refractivity contribution in [1.29, 1.82) is 0 Å². The molecule has 0 saturated heterocycles. The first-order valence-corrected chi connectivity index (χ1v) is 13.4. The van der Waals surface area contributed by atoms with E-state index in [1.54, 1.807) is 0 Å². The smallest absolute Gasteiger partial charge is 0.0865 e. The van der Waals surface area contributed by atoms with Gasteiger partial charge in [0, 0.05) is 23.4 Å². The number of aromatic nitrogens is 2. The Balaban J connectivity index is 1.53. The lowest BCUT2D eigenvalue weighted by atomic mass is 9.78. The molecule has 0 spiro atoms. The van der Waals surface area contributed by atoms with E-state index in [1.165, 1.54) is 39.1 Å². The first-order chi connectivity index (χ1) is 17.6. The Morgan fingerprint density at radius 1 is 1.28 bits per heavy atom. The molecule has 1 aromatic heterocycles. The summed E-state index contributed by atoms with van der Waals surface area (Å²) in [5.74, 6) is 0.413. The van der Waals surface area contributed by atoms with Crippen LogP contribution in [0, 0.1) is 0 Å². The van der Waals surface area contributed by atoms with Gasteiger partial charge in [-0.1, -0.05) is 49.5 Å². The summed E-state index contributed by atoms with van der Waals surface area (Å²) >= 11 is 0. The molecule has 4 rings (SSSR count). The third-order valence-electron chi connectivity index (χ3n) is 7.16. The van der Waals surface area contributed by atoms with E-state index in [9.17, 15) is 0 Å². The fourth-order valence-electron chi connectivity index (χ4n) is 5.07. The van der Waals surface area contributed by atoms with Gasteiger partial charge < -0.3 is 5.32 Å². The number of nitrogens with one attached hydrogen (secondary N) is 2. The quantitative estimate of drug-likeness (QED) is 0.296. The second-order valence-electron chi connectivity index (χ2n) is 9.91. The highest BCUT2D eigenvalue weighted by molar-refractivity contribution is 5.89. The number of nitrogens with zero attached hydrogens (tertiary/aromatic N) is 2. The molecule has 1 aliphatic heterocycles. The summed E-state index contributed by atoms with van der Waals surface area (Å²) in [6.45, 7) is 12.7. The second kappa shape index (κ2) is 12.7. The van der Waals surface area contributed by atoms with Crippen molar-refractivity contribution in [2.75, 3.05) is 13.1 Å². The topological polar surface area (TPSA) is 53.1 Å². The summed E-state index contributed by atoms with van der Waals surface area (Å²) < 4.78 is 0. The minimum absolute atomic E-state index is 0.413. The molecule has 1 unspecified atom stereocenters. The zero-order valence-corrected chi connectivity index (χ0v) is 22.2. The van der Waals surface area contributed by atoms with Gasteiger partial charge in [-0.05, 0) is 100 Å². The van der Waals surface area contributed by atoms with Crippen LogP contribution in [0.4, 0.5) is 0 Å². The van der Waals surface area contributed by atoms with Crippen LogP contribution in [-0.4, -0.2) is 29.0 Å². The number of aliphatic imine (C=N–C) groups is 1. The molecule has 0 amide bonds. The molecule has 2 heterocycles. The van der Waals surface area contributed by atoms with Crippen molar-refractivity contribution in [3.63, 3.8) is 0 Å². The summed E-state index contributed by atoms with van der Waals surface area (Å²) in [7, 11) is 0. The molecular formula is C32H40N4. The molecule has 36 heavy (non-hydrogen) atoms. The monoisotopic (exact) mass is 480 g/mol. The van der Waals surface area contributed by atoms with Gasteiger partial charge in [0.15, 0.2) is 0 Å². The second-order valence-corrected chi connectivity index (χ2v) is 9.91. The van der Waals surface area contributed by atoms with Crippen molar-refractivity contribution < 1.29 is 0 Å². The maximum atomic E-state index is 4.82. The summed E-state index contributed by atoms with van der Waals surface area (Å²) in [6, 6.07) is 0. The number of hydrogen-bond acceptors (Lipinski definition) is 3. The lowest BCUT2D eigenvalue weighted by molar-refractivity contribution is 0.580. The third-order valence-corrected chi connectivity index (χ3v) is 7.16. The molecule has 1 aromatic rings. The van der Waals surface area contributed by atoms with Gasteiger partial charge in [0.1, 0.15) is 0 Å². The first-order valence-electron chi connectivity index (χ1n) is 13.4. The summed E-state index contributed by atoms with van der Waals surface area (Å²) in [5.41, 5.74) is 14.3. The Kier molecular flexibility index (Phi) is 9.11. The lowest BCUT2D eigenvalue weighted by Gasteiger charge is -2.27. The van der Waals surface area contributed by atoms with Crippen LogP contribution in [0.1, 0.15) is 82.9 Å². The van der Waals surface area contributed by atoms with Crippen LogP contribution in [0.15, 0.2) is 93.9 Å². The van der Waals surface area contributed by atoms with E-state index in [1.807, 2.05) is 6.20 Å². The standard InChI is InChI=1S/C32H40N4/c1-5-18-33-21-25-11-7-8-12-27(17-15-25)26(6-2)19-29-20-28(16-14-23(29)3)30-22-34-36-32(30)31-13-9-10-24(4)35-31/h6-7,12-13,15,17,19,22,28,33H,3,5,8-10,14,16,18,20-21H2,1-2,4H3,(H,34,36)/b17-15?,26-6+,27-12?,29-19-.